The number of amides is 1. The van der Waals surface area contributed by atoms with Crippen molar-refractivity contribution < 1.29 is 4.79 Å². The van der Waals surface area contributed by atoms with Gasteiger partial charge in [0.05, 0.1) is 11.8 Å². The second kappa shape index (κ2) is 3.68. The smallest absolute Gasteiger partial charge is 0.255 e. The van der Waals surface area contributed by atoms with E-state index < -0.39 is 0 Å². The number of carbonyl (C=O) groups excluding carboxylic acids is 1. The molecule has 1 amide bonds. The first-order chi connectivity index (χ1) is 7.11. The van der Waals surface area contributed by atoms with Crippen molar-refractivity contribution in [1.29, 1.82) is 0 Å². The molecule has 4 nitrogen and oxygen atoms in total. The van der Waals surface area contributed by atoms with Crippen molar-refractivity contribution in [3.05, 3.63) is 17.5 Å². The summed E-state index contributed by atoms with van der Waals surface area (Å²) in [5, 5.41) is 9.73. The highest BCUT2D eigenvalue weighted by atomic mass is 16.1. The third-order valence-electron chi connectivity index (χ3n) is 3.20. The van der Waals surface area contributed by atoms with Crippen LogP contribution in [0.5, 0.6) is 0 Å². The van der Waals surface area contributed by atoms with Crippen LogP contribution in [0.3, 0.4) is 0 Å². The second-order valence-electron chi connectivity index (χ2n) is 4.63. The summed E-state index contributed by atoms with van der Waals surface area (Å²) in [6.45, 7) is 3.98. The summed E-state index contributed by atoms with van der Waals surface area (Å²) in [6.07, 6.45) is 6.16. The number of aryl methyl sites for hydroxylation is 1. The molecule has 1 heterocycles. The Kier molecular flexibility index (Phi) is 2.50. The number of nitrogens with zero attached hydrogens (tertiary/aromatic N) is 1. The van der Waals surface area contributed by atoms with Gasteiger partial charge in [-0.05, 0) is 26.7 Å². The van der Waals surface area contributed by atoms with Gasteiger partial charge in [0.25, 0.3) is 5.91 Å². The predicted molar refractivity (Wildman–Crippen MR) is 57.7 cm³/mol. The molecule has 0 aromatic carbocycles. The van der Waals surface area contributed by atoms with E-state index in [1.807, 2.05) is 6.92 Å². The summed E-state index contributed by atoms with van der Waals surface area (Å²) in [5.74, 6) is -0.00866. The van der Waals surface area contributed by atoms with Crippen LogP contribution in [0.15, 0.2) is 6.20 Å². The molecule has 82 valence electrons. The van der Waals surface area contributed by atoms with Gasteiger partial charge in [-0.25, -0.2) is 0 Å². The van der Waals surface area contributed by atoms with E-state index in [4.69, 9.17) is 0 Å². The van der Waals surface area contributed by atoms with E-state index in [0.717, 1.165) is 18.5 Å². The van der Waals surface area contributed by atoms with Gasteiger partial charge < -0.3 is 5.32 Å². The Morgan fingerprint density at radius 2 is 2.20 bits per heavy atom. The molecule has 2 rings (SSSR count). The van der Waals surface area contributed by atoms with Crippen molar-refractivity contribution in [2.24, 2.45) is 0 Å². The summed E-state index contributed by atoms with van der Waals surface area (Å²) in [6, 6.07) is 0. The number of aromatic nitrogens is 2. The lowest BCUT2D eigenvalue weighted by Crippen LogP contribution is -2.43. The molecule has 0 radical (unpaired) electrons. The number of hydrogen-bond donors (Lipinski definition) is 2. The highest BCUT2D eigenvalue weighted by Crippen LogP contribution is 2.29. The standard InChI is InChI=1S/C11H17N3O/c1-8-9(7-12-14-8)10(15)13-11(2)5-3-4-6-11/h7H,3-6H2,1-2H3,(H,12,14)(H,13,15). The molecule has 0 spiro atoms. The minimum Gasteiger partial charge on any atom is -0.347 e. The van der Waals surface area contributed by atoms with Crippen molar-refractivity contribution in [3.63, 3.8) is 0 Å². The highest BCUT2D eigenvalue weighted by Gasteiger charge is 2.30. The fraction of sp³-hybridized carbons (Fsp3) is 0.636. The Labute approximate surface area is 89.5 Å². The number of carbonyl (C=O) groups is 1. The van der Waals surface area contributed by atoms with Crippen LogP contribution in [0.25, 0.3) is 0 Å². The van der Waals surface area contributed by atoms with Gasteiger partial charge in [-0.1, -0.05) is 12.8 Å². The zero-order valence-electron chi connectivity index (χ0n) is 9.26. The van der Waals surface area contributed by atoms with Crippen LogP contribution in [-0.2, 0) is 0 Å². The van der Waals surface area contributed by atoms with Crippen LogP contribution in [0, 0.1) is 6.92 Å². The predicted octanol–water partition coefficient (Wildman–Crippen LogP) is 1.78. The molecule has 1 aromatic rings. The second-order valence-corrected chi connectivity index (χ2v) is 4.63. The quantitative estimate of drug-likeness (QED) is 0.776. The van der Waals surface area contributed by atoms with Crippen molar-refractivity contribution in [2.75, 3.05) is 0 Å². The molecule has 15 heavy (non-hydrogen) atoms. The maximum Gasteiger partial charge on any atom is 0.255 e. The highest BCUT2D eigenvalue weighted by molar-refractivity contribution is 5.95. The zero-order chi connectivity index (χ0) is 10.9. The number of rotatable bonds is 2. The summed E-state index contributed by atoms with van der Waals surface area (Å²) in [5.41, 5.74) is 1.47. The minimum absolute atomic E-state index is 0.00866. The fourth-order valence-electron chi connectivity index (χ4n) is 2.20. The molecule has 2 N–H and O–H groups in total. The van der Waals surface area contributed by atoms with E-state index in [9.17, 15) is 4.79 Å². The van der Waals surface area contributed by atoms with Crippen molar-refractivity contribution in [1.82, 2.24) is 15.5 Å². The first-order valence-corrected chi connectivity index (χ1v) is 5.43. The average Bonchev–Trinajstić information content (AvgIpc) is 2.74. The SMILES string of the molecule is Cc1[nH]ncc1C(=O)NC1(C)CCCC1. The Morgan fingerprint density at radius 1 is 1.53 bits per heavy atom. The first kappa shape index (κ1) is 10.2. The molecule has 0 bridgehead atoms. The van der Waals surface area contributed by atoms with Crippen molar-refractivity contribution >= 4 is 5.91 Å². The van der Waals surface area contributed by atoms with Crippen LogP contribution < -0.4 is 5.32 Å². The third kappa shape index (κ3) is 2.03. The van der Waals surface area contributed by atoms with Gasteiger partial charge in [-0.2, -0.15) is 5.10 Å². The molecule has 0 aliphatic heterocycles. The van der Waals surface area contributed by atoms with E-state index in [1.165, 1.54) is 12.8 Å². The molecule has 1 aliphatic rings. The topological polar surface area (TPSA) is 57.8 Å². The van der Waals surface area contributed by atoms with Crippen LogP contribution in [-0.4, -0.2) is 21.6 Å². The maximum absolute atomic E-state index is 11.9. The molecule has 0 saturated heterocycles. The van der Waals surface area contributed by atoms with Crippen LogP contribution in [0.2, 0.25) is 0 Å². The van der Waals surface area contributed by atoms with E-state index >= 15 is 0 Å². The molecular weight excluding hydrogens is 190 g/mol. The van der Waals surface area contributed by atoms with E-state index in [-0.39, 0.29) is 11.4 Å². The van der Waals surface area contributed by atoms with Crippen molar-refractivity contribution in [2.45, 2.75) is 45.1 Å². The van der Waals surface area contributed by atoms with Gasteiger partial charge in [0.1, 0.15) is 0 Å². The van der Waals surface area contributed by atoms with Gasteiger partial charge in [0.2, 0.25) is 0 Å². The lowest BCUT2D eigenvalue weighted by Gasteiger charge is -2.25. The Balaban J connectivity index is 2.07. The molecule has 0 unspecified atom stereocenters. The van der Waals surface area contributed by atoms with Gasteiger partial charge in [-0.15, -0.1) is 0 Å². The number of H-pyrrole nitrogens is 1. The Morgan fingerprint density at radius 3 is 2.73 bits per heavy atom. The first-order valence-electron chi connectivity index (χ1n) is 5.43. The summed E-state index contributed by atoms with van der Waals surface area (Å²) >= 11 is 0. The van der Waals surface area contributed by atoms with E-state index in [0.29, 0.717) is 5.56 Å². The molecule has 4 heteroatoms. The van der Waals surface area contributed by atoms with Gasteiger partial charge in [0, 0.05) is 11.2 Å². The summed E-state index contributed by atoms with van der Waals surface area (Å²) < 4.78 is 0. The molecular formula is C11H17N3O. The van der Waals surface area contributed by atoms with E-state index in [1.54, 1.807) is 6.20 Å². The Hall–Kier alpha value is -1.32. The normalized spacial score (nSPS) is 19.1. The van der Waals surface area contributed by atoms with Gasteiger partial charge in [-0.3, -0.25) is 9.89 Å². The van der Waals surface area contributed by atoms with Gasteiger partial charge >= 0.3 is 0 Å². The van der Waals surface area contributed by atoms with E-state index in [2.05, 4.69) is 22.4 Å². The molecule has 1 aliphatic carbocycles. The Bertz CT molecular complexity index is 364. The number of hydrogen-bond acceptors (Lipinski definition) is 2. The molecule has 1 aromatic heterocycles. The monoisotopic (exact) mass is 207 g/mol. The number of aromatic amines is 1. The summed E-state index contributed by atoms with van der Waals surface area (Å²) in [7, 11) is 0. The summed E-state index contributed by atoms with van der Waals surface area (Å²) in [4.78, 5) is 11.9. The van der Waals surface area contributed by atoms with Crippen LogP contribution >= 0.6 is 0 Å². The maximum atomic E-state index is 11.9. The largest absolute Gasteiger partial charge is 0.347 e. The van der Waals surface area contributed by atoms with Crippen molar-refractivity contribution in [3.8, 4) is 0 Å². The van der Waals surface area contributed by atoms with Gasteiger partial charge in [0.15, 0.2) is 0 Å². The zero-order valence-corrected chi connectivity index (χ0v) is 9.26. The average molecular weight is 207 g/mol. The molecule has 1 saturated carbocycles. The lowest BCUT2D eigenvalue weighted by molar-refractivity contribution is 0.0907. The number of nitrogens with one attached hydrogen (secondary N) is 2. The fourth-order valence-corrected chi connectivity index (χ4v) is 2.20. The van der Waals surface area contributed by atoms with Crippen LogP contribution in [0.1, 0.15) is 48.7 Å². The molecule has 1 fully saturated rings. The van der Waals surface area contributed by atoms with Crippen LogP contribution in [0.4, 0.5) is 0 Å². The lowest BCUT2D eigenvalue weighted by atomic mass is 10.0. The third-order valence-corrected chi connectivity index (χ3v) is 3.20. The minimum atomic E-state index is -0.0131. The molecule has 0 atom stereocenters.